The van der Waals surface area contributed by atoms with Crippen molar-refractivity contribution in [1.29, 1.82) is 0 Å². The van der Waals surface area contributed by atoms with Gasteiger partial charge in [-0.2, -0.15) is 0 Å². The van der Waals surface area contributed by atoms with Crippen molar-refractivity contribution >= 4 is 15.9 Å². The molecule has 1 N–H and O–H groups in total. The van der Waals surface area contributed by atoms with Gasteiger partial charge in [0.25, 0.3) is 0 Å². The van der Waals surface area contributed by atoms with E-state index < -0.39 is 0 Å². The lowest BCUT2D eigenvalue weighted by atomic mass is 9.93. The predicted molar refractivity (Wildman–Crippen MR) is 84.0 cm³/mol. The quantitative estimate of drug-likeness (QED) is 0.727. The molecule has 1 aromatic rings. The van der Waals surface area contributed by atoms with Gasteiger partial charge in [-0.05, 0) is 43.0 Å². The van der Waals surface area contributed by atoms with Crippen molar-refractivity contribution in [3.05, 3.63) is 34.3 Å². The molecule has 0 heterocycles. The van der Waals surface area contributed by atoms with Gasteiger partial charge in [0.05, 0.1) is 0 Å². The maximum absolute atomic E-state index is 3.62. The Kier molecular flexibility index (Phi) is 7.60. The SMILES string of the molecule is CCCC(C)CC(Cc1ccc(Br)cc1)NCC. The summed E-state index contributed by atoms with van der Waals surface area (Å²) in [6, 6.07) is 9.32. The molecule has 0 aliphatic heterocycles. The number of nitrogens with one attached hydrogen (secondary N) is 1. The maximum atomic E-state index is 3.62. The lowest BCUT2D eigenvalue weighted by Gasteiger charge is -2.22. The highest BCUT2D eigenvalue weighted by atomic mass is 79.9. The van der Waals surface area contributed by atoms with Crippen molar-refractivity contribution in [2.24, 2.45) is 5.92 Å². The molecule has 0 saturated heterocycles. The molecule has 0 spiro atoms. The van der Waals surface area contributed by atoms with E-state index in [1.165, 1.54) is 24.8 Å². The molecule has 1 rings (SSSR count). The monoisotopic (exact) mass is 311 g/mol. The Balaban J connectivity index is 2.53. The van der Waals surface area contributed by atoms with Crippen LogP contribution in [0.15, 0.2) is 28.7 Å². The van der Waals surface area contributed by atoms with Crippen LogP contribution in [0.5, 0.6) is 0 Å². The van der Waals surface area contributed by atoms with Crippen LogP contribution in [0.1, 0.15) is 45.6 Å². The summed E-state index contributed by atoms with van der Waals surface area (Å²) in [5, 5.41) is 3.62. The van der Waals surface area contributed by atoms with Crippen LogP contribution >= 0.6 is 15.9 Å². The highest BCUT2D eigenvalue weighted by molar-refractivity contribution is 9.10. The van der Waals surface area contributed by atoms with Gasteiger partial charge in [-0.15, -0.1) is 0 Å². The second-order valence-electron chi connectivity index (χ2n) is 5.21. The average molecular weight is 312 g/mol. The smallest absolute Gasteiger partial charge is 0.0175 e. The zero-order chi connectivity index (χ0) is 13.4. The van der Waals surface area contributed by atoms with Crippen LogP contribution in [-0.2, 0) is 6.42 Å². The number of hydrogen-bond acceptors (Lipinski definition) is 1. The second-order valence-corrected chi connectivity index (χ2v) is 6.13. The van der Waals surface area contributed by atoms with Crippen molar-refractivity contribution in [3.63, 3.8) is 0 Å². The number of rotatable bonds is 8. The minimum absolute atomic E-state index is 0.609. The third-order valence-corrected chi connectivity index (χ3v) is 3.89. The molecule has 1 nitrogen and oxygen atoms in total. The Morgan fingerprint density at radius 1 is 1.17 bits per heavy atom. The standard InChI is InChI=1S/C16H26BrN/c1-4-6-13(3)11-16(18-5-2)12-14-7-9-15(17)10-8-14/h7-10,13,16,18H,4-6,11-12H2,1-3H3. The number of likely N-dealkylation sites (N-methyl/N-ethyl adjacent to an activating group) is 1. The first kappa shape index (κ1) is 15.7. The summed E-state index contributed by atoms with van der Waals surface area (Å²) in [5.41, 5.74) is 1.42. The Bertz CT molecular complexity index is 320. The summed E-state index contributed by atoms with van der Waals surface area (Å²) in [6.45, 7) is 7.89. The van der Waals surface area contributed by atoms with Gasteiger partial charge in [-0.3, -0.25) is 0 Å². The minimum atomic E-state index is 0.609. The van der Waals surface area contributed by atoms with Crippen LogP contribution < -0.4 is 5.32 Å². The number of benzene rings is 1. The molecule has 0 radical (unpaired) electrons. The van der Waals surface area contributed by atoms with Gasteiger partial charge in [-0.1, -0.05) is 61.7 Å². The van der Waals surface area contributed by atoms with Crippen molar-refractivity contribution in [2.45, 2.75) is 52.5 Å². The van der Waals surface area contributed by atoms with Crippen LogP contribution in [0.3, 0.4) is 0 Å². The molecule has 0 bridgehead atoms. The van der Waals surface area contributed by atoms with Crippen LogP contribution in [-0.4, -0.2) is 12.6 Å². The summed E-state index contributed by atoms with van der Waals surface area (Å²) in [4.78, 5) is 0. The van der Waals surface area contributed by atoms with Gasteiger partial charge in [0.15, 0.2) is 0 Å². The van der Waals surface area contributed by atoms with Crippen molar-refractivity contribution in [2.75, 3.05) is 6.54 Å². The molecule has 2 atom stereocenters. The lowest BCUT2D eigenvalue weighted by Crippen LogP contribution is -2.32. The fourth-order valence-corrected chi connectivity index (χ4v) is 2.79. The minimum Gasteiger partial charge on any atom is -0.314 e. The van der Waals surface area contributed by atoms with E-state index in [-0.39, 0.29) is 0 Å². The van der Waals surface area contributed by atoms with Crippen LogP contribution in [0.2, 0.25) is 0 Å². The summed E-state index contributed by atoms with van der Waals surface area (Å²) < 4.78 is 1.16. The Labute approximate surface area is 120 Å². The van der Waals surface area contributed by atoms with Crippen molar-refractivity contribution in [3.8, 4) is 0 Å². The molecule has 0 fully saturated rings. The molecule has 2 unspecified atom stereocenters. The summed E-state index contributed by atoms with van der Waals surface area (Å²) in [7, 11) is 0. The lowest BCUT2D eigenvalue weighted by molar-refractivity contribution is 0.385. The van der Waals surface area contributed by atoms with E-state index in [4.69, 9.17) is 0 Å². The zero-order valence-electron chi connectivity index (χ0n) is 11.9. The van der Waals surface area contributed by atoms with Gasteiger partial charge in [-0.25, -0.2) is 0 Å². The van der Waals surface area contributed by atoms with Crippen LogP contribution in [0.25, 0.3) is 0 Å². The molecule has 0 aliphatic carbocycles. The Hall–Kier alpha value is -0.340. The maximum Gasteiger partial charge on any atom is 0.0175 e. The Morgan fingerprint density at radius 2 is 1.83 bits per heavy atom. The van der Waals surface area contributed by atoms with Crippen molar-refractivity contribution < 1.29 is 0 Å². The number of hydrogen-bond donors (Lipinski definition) is 1. The second kappa shape index (κ2) is 8.71. The normalized spacial score (nSPS) is 14.4. The topological polar surface area (TPSA) is 12.0 Å². The molecule has 1 aromatic carbocycles. The highest BCUT2D eigenvalue weighted by Crippen LogP contribution is 2.17. The largest absolute Gasteiger partial charge is 0.314 e. The summed E-state index contributed by atoms with van der Waals surface area (Å²) in [5.74, 6) is 0.814. The van der Waals surface area contributed by atoms with Gasteiger partial charge >= 0.3 is 0 Å². The summed E-state index contributed by atoms with van der Waals surface area (Å²) in [6.07, 6.45) is 5.04. The first-order valence-electron chi connectivity index (χ1n) is 7.13. The first-order chi connectivity index (χ1) is 8.65. The Morgan fingerprint density at radius 3 is 2.39 bits per heavy atom. The average Bonchev–Trinajstić information content (AvgIpc) is 2.32. The molecule has 18 heavy (non-hydrogen) atoms. The third kappa shape index (κ3) is 6.01. The van der Waals surface area contributed by atoms with E-state index in [2.05, 4.69) is 66.3 Å². The molecular weight excluding hydrogens is 286 g/mol. The molecule has 102 valence electrons. The van der Waals surface area contributed by atoms with Crippen molar-refractivity contribution in [1.82, 2.24) is 5.32 Å². The van der Waals surface area contributed by atoms with Crippen LogP contribution in [0.4, 0.5) is 0 Å². The van der Waals surface area contributed by atoms with Crippen LogP contribution in [0, 0.1) is 5.92 Å². The predicted octanol–water partition coefficient (Wildman–Crippen LogP) is 4.80. The first-order valence-corrected chi connectivity index (χ1v) is 7.92. The van der Waals surface area contributed by atoms with E-state index in [0.29, 0.717) is 6.04 Å². The van der Waals surface area contributed by atoms with E-state index in [0.717, 1.165) is 23.4 Å². The molecule has 0 saturated carbocycles. The van der Waals surface area contributed by atoms with Gasteiger partial charge in [0.2, 0.25) is 0 Å². The van der Waals surface area contributed by atoms with E-state index in [1.807, 2.05) is 0 Å². The van der Waals surface area contributed by atoms with Gasteiger partial charge < -0.3 is 5.32 Å². The third-order valence-electron chi connectivity index (χ3n) is 3.36. The number of halogens is 1. The fraction of sp³-hybridized carbons (Fsp3) is 0.625. The summed E-state index contributed by atoms with van der Waals surface area (Å²) >= 11 is 3.49. The van der Waals surface area contributed by atoms with Gasteiger partial charge in [0.1, 0.15) is 0 Å². The zero-order valence-corrected chi connectivity index (χ0v) is 13.5. The van der Waals surface area contributed by atoms with E-state index in [1.54, 1.807) is 0 Å². The highest BCUT2D eigenvalue weighted by Gasteiger charge is 2.12. The van der Waals surface area contributed by atoms with E-state index in [9.17, 15) is 0 Å². The van der Waals surface area contributed by atoms with E-state index >= 15 is 0 Å². The molecule has 0 aliphatic rings. The molecule has 0 aromatic heterocycles. The molecule has 2 heteroatoms. The van der Waals surface area contributed by atoms with Gasteiger partial charge in [0, 0.05) is 10.5 Å². The fourth-order valence-electron chi connectivity index (χ4n) is 2.53. The molecule has 0 amide bonds. The molecular formula is C16H26BrN.